The third-order valence-electron chi connectivity index (χ3n) is 1.13. The quantitative estimate of drug-likeness (QED) is 0.720. The molecule has 5 heteroatoms. The van der Waals surface area contributed by atoms with Gasteiger partial charge in [-0.2, -0.15) is 0 Å². The maximum atomic E-state index is 11.0. The molecule has 78 valence electrons. The van der Waals surface area contributed by atoms with Gasteiger partial charge in [-0.05, 0) is 20.8 Å². The highest BCUT2D eigenvalue weighted by atomic mass is 32.2. The van der Waals surface area contributed by atoms with Gasteiger partial charge in [-0.3, -0.25) is 9.00 Å². The van der Waals surface area contributed by atoms with Crippen LogP contribution in [-0.4, -0.2) is 39.0 Å². The standard InChI is InChI=1S/C8H16O4S/c1-8(2,3)12-4-5-13(11)6-7(9)10/h4-6H2,1-3H3,(H,9,10). The Morgan fingerprint density at radius 1 is 1.46 bits per heavy atom. The summed E-state index contributed by atoms with van der Waals surface area (Å²) < 4.78 is 16.3. The summed E-state index contributed by atoms with van der Waals surface area (Å²) in [7, 11) is -1.31. The van der Waals surface area contributed by atoms with Crippen LogP contribution in [0.5, 0.6) is 0 Å². The smallest absolute Gasteiger partial charge is 0.316 e. The van der Waals surface area contributed by atoms with Gasteiger partial charge in [0.15, 0.2) is 0 Å². The summed E-state index contributed by atoms with van der Waals surface area (Å²) >= 11 is 0. The number of carbonyl (C=O) groups is 1. The van der Waals surface area contributed by atoms with Crippen molar-refractivity contribution in [3.05, 3.63) is 0 Å². The van der Waals surface area contributed by atoms with Crippen molar-refractivity contribution in [3.63, 3.8) is 0 Å². The van der Waals surface area contributed by atoms with Crippen LogP contribution < -0.4 is 0 Å². The fourth-order valence-electron chi connectivity index (χ4n) is 0.651. The first kappa shape index (κ1) is 12.6. The van der Waals surface area contributed by atoms with Gasteiger partial charge >= 0.3 is 5.97 Å². The minimum absolute atomic E-state index is 0.257. The lowest BCUT2D eigenvalue weighted by molar-refractivity contribution is -0.133. The molecule has 0 aromatic heterocycles. The third-order valence-corrected chi connectivity index (χ3v) is 2.32. The Morgan fingerprint density at radius 3 is 2.38 bits per heavy atom. The molecule has 1 atom stereocenters. The Balaban J connectivity index is 3.54. The van der Waals surface area contributed by atoms with E-state index < -0.39 is 16.8 Å². The van der Waals surface area contributed by atoms with Crippen molar-refractivity contribution in [2.45, 2.75) is 26.4 Å². The Labute approximate surface area is 80.7 Å². The highest BCUT2D eigenvalue weighted by Crippen LogP contribution is 2.05. The average Bonchev–Trinajstić information content (AvgIpc) is 1.81. The van der Waals surface area contributed by atoms with Crippen LogP contribution in [0.1, 0.15) is 20.8 Å². The lowest BCUT2D eigenvalue weighted by Gasteiger charge is -2.18. The van der Waals surface area contributed by atoms with Crippen LogP contribution in [0.4, 0.5) is 0 Å². The summed E-state index contributed by atoms with van der Waals surface area (Å²) in [5, 5.41) is 8.31. The summed E-state index contributed by atoms with van der Waals surface area (Å²) in [6, 6.07) is 0. The van der Waals surface area contributed by atoms with Gasteiger partial charge in [0.1, 0.15) is 5.75 Å². The highest BCUT2D eigenvalue weighted by Gasteiger charge is 2.11. The minimum Gasteiger partial charge on any atom is -0.481 e. The Kier molecular flexibility index (Phi) is 5.17. The fourth-order valence-corrected chi connectivity index (χ4v) is 1.34. The average molecular weight is 208 g/mol. The maximum Gasteiger partial charge on any atom is 0.316 e. The first-order chi connectivity index (χ1) is 5.81. The van der Waals surface area contributed by atoms with E-state index in [4.69, 9.17) is 9.84 Å². The lowest BCUT2D eigenvalue weighted by atomic mass is 10.2. The summed E-state index contributed by atoms with van der Waals surface area (Å²) in [4.78, 5) is 10.1. The monoisotopic (exact) mass is 208 g/mol. The van der Waals surface area contributed by atoms with Crippen LogP contribution in [0.2, 0.25) is 0 Å². The first-order valence-electron chi connectivity index (χ1n) is 4.02. The molecule has 0 spiro atoms. The van der Waals surface area contributed by atoms with E-state index in [1.807, 2.05) is 20.8 Å². The highest BCUT2D eigenvalue weighted by molar-refractivity contribution is 7.85. The number of ether oxygens (including phenoxy) is 1. The van der Waals surface area contributed by atoms with Gasteiger partial charge in [0.2, 0.25) is 0 Å². The predicted octanol–water partition coefficient (Wildman–Crippen LogP) is 0.635. The molecule has 0 bridgehead atoms. The lowest BCUT2D eigenvalue weighted by Crippen LogP contribution is -2.23. The van der Waals surface area contributed by atoms with Crippen molar-refractivity contribution in [3.8, 4) is 0 Å². The Morgan fingerprint density at radius 2 is 2.00 bits per heavy atom. The molecular formula is C8H16O4S. The van der Waals surface area contributed by atoms with Gasteiger partial charge in [-0.15, -0.1) is 0 Å². The second kappa shape index (κ2) is 5.34. The van der Waals surface area contributed by atoms with E-state index >= 15 is 0 Å². The predicted molar refractivity (Wildman–Crippen MR) is 51.2 cm³/mol. The summed E-state index contributed by atoms with van der Waals surface area (Å²) in [5.41, 5.74) is -0.257. The number of rotatable bonds is 5. The molecule has 0 radical (unpaired) electrons. The molecule has 1 unspecified atom stereocenters. The molecule has 0 fully saturated rings. The minimum atomic E-state index is -1.31. The molecule has 0 saturated carbocycles. The van der Waals surface area contributed by atoms with E-state index in [1.165, 1.54) is 0 Å². The molecule has 0 rings (SSSR count). The van der Waals surface area contributed by atoms with Crippen LogP contribution in [0.15, 0.2) is 0 Å². The zero-order valence-electron chi connectivity index (χ0n) is 8.20. The number of hydrogen-bond donors (Lipinski definition) is 1. The molecule has 0 heterocycles. The molecule has 0 aliphatic rings. The largest absolute Gasteiger partial charge is 0.481 e. The number of carboxylic acid groups (broad SMARTS) is 1. The Hall–Kier alpha value is -0.420. The molecule has 0 aliphatic carbocycles. The molecule has 0 saturated heterocycles. The van der Waals surface area contributed by atoms with Gasteiger partial charge in [0.25, 0.3) is 0 Å². The molecule has 0 aromatic carbocycles. The molecule has 0 amide bonds. The van der Waals surface area contributed by atoms with Crippen LogP contribution >= 0.6 is 0 Å². The fraction of sp³-hybridized carbons (Fsp3) is 0.875. The van der Waals surface area contributed by atoms with Crippen LogP contribution in [0.3, 0.4) is 0 Å². The van der Waals surface area contributed by atoms with E-state index in [0.717, 1.165) is 0 Å². The maximum absolute atomic E-state index is 11.0. The number of aliphatic carboxylic acids is 1. The molecule has 0 aromatic rings. The zero-order chi connectivity index (χ0) is 10.5. The van der Waals surface area contributed by atoms with Crippen LogP contribution in [0, 0.1) is 0 Å². The van der Waals surface area contributed by atoms with Crippen molar-refractivity contribution < 1.29 is 18.8 Å². The topological polar surface area (TPSA) is 63.6 Å². The van der Waals surface area contributed by atoms with E-state index in [2.05, 4.69) is 0 Å². The van der Waals surface area contributed by atoms with E-state index in [0.29, 0.717) is 6.61 Å². The van der Waals surface area contributed by atoms with Gasteiger partial charge in [-0.25, -0.2) is 0 Å². The van der Waals surface area contributed by atoms with Gasteiger partial charge in [0, 0.05) is 16.6 Å². The summed E-state index contributed by atoms with van der Waals surface area (Å²) in [5.74, 6) is -1.05. The van der Waals surface area contributed by atoms with E-state index in [-0.39, 0.29) is 17.1 Å². The Bertz CT molecular complexity index is 195. The number of carboxylic acids is 1. The molecule has 1 N–H and O–H groups in total. The molecule has 13 heavy (non-hydrogen) atoms. The second-order valence-corrected chi connectivity index (χ2v) is 5.22. The van der Waals surface area contributed by atoms with Crippen LogP contribution in [-0.2, 0) is 20.3 Å². The molecular weight excluding hydrogens is 192 g/mol. The van der Waals surface area contributed by atoms with Gasteiger partial charge in [-0.1, -0.05) is 0 Å². The van der Waals surface area contributed by atoms with Crippen molar-refractivity contribution >= 4 is 16.8 Å². The van der Waals surface area contributed by atoms with E-state index in [9.17, 15) is 9.00 Å². The van der Waals surface area contributed by atoms with Crippen molar-refractivity contribution in [1.29, 1.82) is 0 Å². The van der Waals surface area contributed by atoms with E-state index in [1.54, 1.807) is 0 Å². The van der Waals surface area contributed by atoms with Gasteiger partial charge < -0.3 is 9.84 Å². The number of hydrogen-bond acceptors (Lipinski definition) is 3. The van der Waals surface area contributed by atoms with Crippen molar-refractivity contribution in [2.24, 2.45) is 0 Å². The SMILES string of the molecule is CC(C)(C)OCCS(=O)CC(=O)O. The van der Waals surface area contributed by atoms with Crippen LogP contribution in [0.25, 0.3) is 0 Å². The van der Waals surface area contributed by atoms with Crippen molar-refractivity contribution in [2.75, 3.05) is 18.1 Å². The van der Waals surface area contributed by atoms with Gasteiger partial charge in [0.05, 0.1) is 12.2 Å². The third kappa shape index (κ3) is 9.49. The zero-order valence-corrected chi connectivity index (χ0v) is 9.02. The first-order valence-corrected chi connectivity index (χ1v) is 5.51. The molecule has 0 aliphatic heterocycles. The van der Waals surface area contributed by atoms with Crippen molar-refractivity contribution in [1.82, 2.24) is 0 Å². The summed E-state index contributed by atoms with van der Waals surface area (Å²) in [6.45, 7) is 6.02. The second-order valence-electron chi connectivity index (χ2n) is 3.64. The summed E-state index contributed by atoms with van der Waals surface area (Å²) in [6.07, 6.45) is 0. The molecule has 4 nitrogen and oxygen atoms in total. The normalized spacial score (nSPS) is 14.1.